The summed E-state index contributed by atoms with van der Waals surface area (Å²) < 4.78 is 44.4. The molecule has 0 spiro atoms. The number of anilines is 3. The van der Waals surface area contributed by atoms with Gasteiger partial charge in [-0.1, -0.05) is 0 Å². The number of fused-ring (bicyclic) bond motifs is 3. The third kappa shape index (κ3) is 4.70. The Bertz CT molecular complexity index is 1200. The summed E-state index contributed by atoms with van der Waals surface area (Å²) in [7, 11) is 0. The van der Waals surface area contributed by atoms with Crippen LogP contribution in [0.25, 0.3) is 10.2 Å². The molecule has 2 fully saturated rings. The Morgan fingerprint density at radius 3 is 2.63 bits per heavy atom. The average Bonchev–Trinajstić information content (AvgIpc) is 3.56. The predicted octanol–water partition coefficient (Wildman–Crippen LogP) is 4.72. The second-order valence-corrected chi connectivity index (χ2v) is 10.6. The molecule has 2 aliphatic carbocycles. The lowest BCUT2D eigenvalue weighted by Gasteiger charge is -2.39. The maximum Gasteiger partial charge on any atom is 0.432 e. The fourth-order valence-electron chi connectivity index (χ4n) is 5.52. The Morgan fingerprint density at radius 1 is 1.09 bits per heavy atom. The summed E-state index contributed by atoms with van der Waals surface area (Å²) in [4.78, 5) is 14.1. The van der Waals surface area contributed by atoms with Gasteiger partial charge in [-0.3, -0.25) is 10.00 Å². The quantitative estimate of drug-likeness (QED) is 0.460. The molecule has 12 heteroatoms. The molecule has 0 atom stereocenters. The van der Waals surface area contributed by atoms with E-state index in [1.165, 1.54) is 10.4 Å². The molecule has 4 heterocycles. The molecule has 1 saturated heterocycles. The first-order chi connectivity index (χ1) is 16.9. The Kier molecular flexibility index (Phi) is 6.05. The average molecular weight is 508 g/mol. The van der Waals surface area contributed by atoms with Crippen molar-refractivity contribution >= 4 is 39.1 Å². The minimum absolute atomic E-state index is 0.0396. The predicted molar refractivity (Wildman–Crippen MR) is 128 cm³/mol. The fraction of sp³-hybridized carbons (Fsp3) is 0.609. The van der Waals surface area contributed by atoms with E-state index in [1.54, 1.807) is 11.3 Å². The maximum absolute atomic E-state index is 13.0. The molecule has 3 aliphatic rings. The number of hydrogen-bond donors (Lipinski definition) is 3. The van der Waals surface area contributed by atoms with Crippen LogP contribution in [0, 0.1) is 0 Å². The summed E-state index contributed by atoms with van der Waals surface area (Å²) in [5.41, 5.74) is 0.409. The smallest absolute Gasteiger partial charge is 0.379 e. The lowest BCUT2D eigenvalue weighted by atomic mass is 9.90. The van der Waals surface area contributed by atoms with Gasteiger partial charge in [0.1, 0.15) is 16.3 Å². The van der Waals surface area contributed by atoms with Crippen LogP contribution in [0.5, 0.6) is 0 Å². The maximum atomic E-state index is 13.0. The van der Waals surface area contributed by atoms with Gasteiger partial charge < -0.3 is 15.4 Å². The van der Waals surface area contributed by atoms with E-state index >= 15 is 0 Å². The molecule has 3 aromatic rings. The summed E-state index contributed by atoms with van der Waals surface area (Å²) >= 11 is 1.66. The van der Waals surface area contributed by atoms with Crippen LogP contribution in [-0.4, -0.2) is 63.5 Å². The van der Waals surface area contributed by atoms with Gasteiger partial charge in [0.2, 0.25) is 5.95 Å². The summed E-state index contributed by atoms with van der Waals surface area (Å²) in [6.07, 6.45) is 3.07. The molecule has 35 heavy (non-hydrogen) atoms. The highest BCUT2D eigenvalue weighted by molar-refractivity contribution is 7.19. The molecule has 1 saturated carbocycles. The normalized spacial score (nSPS) is 23.5. The second-order valence-electron chi connectivity index (χ2n) is 9.52. The highest BCUT2D eigenvalue weighted by Crippen LogP contribution is 2.41. The van der Waals surface area contributed by atoms with Gasteiger partial charge in [-0.25, -0.2) is 4.98 Å². The molecule has 0 unspecified atom stereocenters. The summed E-state index contributed by atoms with van der Waals surface area (Å²) in [5.74, 6) is 1.07. The Morgan fingerprint density at radius 2 is 1.89 bits per heavy atom. The molecule has 8 nitrogen and oxygen atoms in total. The first kappa shape index (κ1) is 23.0. The molecule has 1 aliphatic heterocycles. The van der Waals surface area contributed by atoms with Crippen molar-refractivity contribution in [3.05, 3.63) is 22.2 Å². The number of nitrogens with one attached hydrogen (secondary N) is 3. The third-order valence-corrected chi connectivity index (χ3v) is 8.47. The number of rotatable bonds is 5. The number of nitrogens with zero attached hydrogens (tertiary/aromatic N) is 4. The van der Waals surface area contributed by atoms with E-state index in [9.17, 15) is 13.2 Å². The molecule has 0 aromatic carbocycles. The topological polar surface area (TPSA) is 91.0 Å². The van der Waals surface area contributed by atoms with Crippen molar-refractivity contribution in [1.82, 2.24) is 25.1 Å². The standard InChI is InChI=1S/C23H28F3N7OS/c24-23(25,26)17-12-18(32-31-17)28-22-29-20(19-15-2-1-3-16(15)35-21(19)30-22)27-13-4-6-14(7-5-13)33-8-10-34-11-9-33/h12-14H,1-11H2,(H3,27,28,29,30,31,32)/t13-,14-. The van der Waals surface area contributed by atoms with Gasteiger partial charge >= 0.3 is 6.18 Å². The number of hydrogen-bond acceptors (Lipinski definition) is 8. The van der Waals surface area contributed by atoms with Crippen molar-refractivity contribution in [2.75, 3.05) is 36.9 Å². The van der Waals surface area contributed by atoms with Gasteiger partial charge in [-0.05, 0) is 50.5 Å². The molecular weight excluding hydrogens is 479 g/mol. The number of thiophene rings is 1. The van der Waals surface area contributed by atoms with Gasteiger partial charge in [0, 0.05) is 36.1 Å². The Balaban J connectivity index is 1.23. The SMILES string of the molecule is FC(F)(F)c1cc(Nc2nc(N[C@H]3CC[C@H](N4CCOCC4)CC3)c3c4c(sc3n2)CCC4)n[nH]1. The summed E-state index contributed by atoms with van der Waals surface area (Å²) in [6.45, 7) is 3.65. The molecule has 188 valence electrons. The number of halogens is 3. The van der Waals surface area contributed by atoms with Crippen LogP contribution < -0.4 is 10.6 Å². The number of ether oxygens (including phenoxy) is 1. The lowest BCUT2D eigenvalue weighted by Crippen LogP contribution is -2.46. The molecule has 0 amide bonds. The molecular formula is C23H28F3N7OS. The molecule has 3 N–H and O–H groups in total. The van der Waals surface area contributed by atoms with Crippen LogP contribution >= 0.6 is 11.3 Å². The molecule has 6 rings (SSSR count). The number of aryl methyl sites for hydroxylation is 2. The van der Waals surface area contributed by atoms with Gasteiger partial charge in [0.15, 0.2) is 5.82 Å². The number of morpholine rings is 1. The zero-order valence-electron chi connectivity index (χ0n) is 19.2. The van der Waals surface area contributed by atoms with Crippen molar-refractivity contribution < 1.29 is 17.9 Å². The van der Waals surface area contributed by atoms with Crippen LogP contribution in [0.3, 0.4) is 0 Å². The summed E-state index contributed by atoms with van der Waals surface area (Å²) in [5, 5.41) is 13.4. The van der Waals surface area contributed by atoms with Gasteiger partial charge in [0.25, 0.3) is 0 Å². The largest absolute Gasteiger partial charge is 0.432 e. The van der Waals surface area contributed by atoms with E-state index in [4.69, 9.17) is 9.72 Å². The van der Waals surface area contributed by atoms with E-state index in [0.29, 0.717) is 12.1 Å². The highest BCUT2D eigenvalue weighted by Gasteiger charge is 2.33. The first-order valence-electron chi connectivity index (χ1n) is 12.2. The monoisotopic (exact) mass is 507 g/mol. The van der Waals surface area contributed by atoms with Crippen molar-refractivity contribution in [2.45, 2.75) is 63.2 Å². The second kappa shape index (κ2) is 9.21. The summed E-state index contributed by atoms with van der Waals surface area (Å²) in [6, 6.07) is 1.84. The van der Waals surface area contributed by atoms with E-state index < -0.39 is 11.9 Å². The zero-order valence-corrected chi connectivity index (χ0v) is 20.1. The van der Waals surface area contributed by atoms with Gasteiger partial charge in [-0.2, -0.15) is 23.3 Å². The Labute approximate surface area is 204 Å². The molecule has 0 radical (unpaired) electrons. The van der Waals surface area contributed by atoms with E-state index in [0.717, 1.165) is 93.3 Å². The van der Waals surface area contributed by atoms with Crippen LogP contribution in [-0.2, 0) is 23.8 Å². The third-order valence-electron chi connectivity index (χ3n) is 7.29. The molecule has 3 aromatic heterocycles. The first-order valence-corrected chi connectivity index (χ1v) is 13.1. The van der Waals surface area contributed by atoms with E-state index in [2.05, 4.69) is 25.6 Å². The van der Waals surface area contributed by atoms with Gasteiger partial charge in [-0.15, -0.1) is 11.3 Å². The van der Waals surface area contributed by atoms with Gasteiger partial charge in [0.05, 0.1) is 18.6 Å². The Hall–Kier alpha value is -2.44. The number of alkyl halides is 3. The number of aromatic nitrogens is 4. The highest BCUT2D eigenvalue weighted by atomic mass is 32.1. The van der Waals surface area contributed by atoms with Crippen LogP contribution in [0.1, 0.15) is 48.2 Å². The minimum Gasteiger partial charge on any atom is -0.379 e. The fourth-order valence-corrected chi connectivity index (χ4v) is 6.78. The molecule has 0 bridgehead atoms. The minimum atomic E-state index is -4.49. The lowest BCUT2D eigenvalue weighted by molar-refractivity contribution is -0.141. The zero-order chi connectivity index (χ0) is 24.0. The van der Waals surface area contributed by atoms with E-state index in [-0.39, 0.29) is 11.8 Å². The number of aromatic amines is 1. The van der Waals surface area contributed by atoms with Crippen molar-refractivity contribution in [2.24, 2.45) is 0 Å². The van der Waals surface area contributed by atoms with Crippen molar-refractivity contribution in [3.8, 4) is 0 Å². The number of H-pyrrole nitrogens is 1. The van der Waals surface area contributed by atoms with E-state index in [1.807, 2.05) is 5.10 Å². The van der Waals surface area contributed by atoms with Crippen LogP contribution in [0.15, 0.2) is 6.07 Å². The van der Waals surface area contributed by atoms with Crippen molar-refractivity contribution in [1.29, 1.82) is 0 Å². The van der Waals surface area contributed by atoms with Crippen LogP contribution in [0.2, 0.25) is 0 Å². The van der Waals surface area contributed by atoms with Crippen molar-refractivity contribution in [3.63, 3.8) is 0 Å². The van der Waals surface area contributed by atoms with Crippen LogP contribution in [0.4, 0.5) is 30.8 Å².